The van der Waals surface area contributed by atoms with Crippen molar-refractivity contribution in [2.24, 2.45) is 0 Å². The van der Waals surface area contributed by atoms with Crippen LogP contribution in [0.2, 0.25) is 5.02 Å². The van der Waals surface area contributed by atoms with Gasteiger partial charge in [-0.05, 0) is 48.4 Å². The molecule has 0 aliphatic rings. The lowest BCUT2D eigenvalue weighted by Crippen LogP contribution is -2.14. The standard InChI is InChI=1S/C12H13ClN4.C10H10N4O3S/c1-2-9-10(11(14)17-12(15)16-9)7-3-5-8(13)6-4-7;11-7-1-3-9(4-2-7)18(16,17)14-10-12-5-8(15)6-13-10/h3-6H,2H2,1H3,(H4,14,15,16,17);1-6,15H,11H2,(H,12,13,14). The number of benzene rings is 2. The van der Waals surface area contributed by atoms with Crippen molar-refractivity contribution in [3.05, 3.63) is 71.6 Å². The molecular weight excluding hydrogens is 492 g/mol. The van der Waals surface area contributed by atoms with Crippen molar-refractivity contribution in [2.75, 3.05) is 21.9 Å². The Morgan fingerprint density at radius 3 is 2.11 bits per heavy atom. The molecule has 0 aliphatic carbocycles. The van der Waals surface area contributed by atoms with Crippen LogP contribution in [0.3, 0.4) is 0 Å². The molecule has 0 atom stereocenters. The van der Waals surface area contributed by atoms with E-state index in [1.165, 1.54) is 24.3 Å². The molecule has 182 valence electrons. The lowest BCUT2D eigenvalue weighted by molar-refractivity contribution is 0.470. The van der Waals surface area contributed by atoms with E-state index < -0.39 is 10.0 Å². The fourth-order valence-electron chi connectivity index (χ4n) is 2.93. The van der Waals surface area contributed by atoms with Crippen molar-refractivity contribution in [3.63, 3.8) is 0 Å². The van der Waals surface area contributed by atoms with E-state index >= 15 is 0 Å². The fraction of sp³-hybridized carbons (Fsp3) is 0.0909. The summed E-state index contributed by atoms with van der Waals surface area (Å²) in [5, 5.41) is 9.67. The van der Waals surface area contributed by atoms with Crippen LogP contribution >= 0.6 is 11.6 Å². The molecule has 0 aliphatic heterocycles. The quantitative estimate of drug-likeness (QED) is 0.247. The first-order valence-corrected chi connectivity index (χ1v) is 12.0. The van der Waals surface area contributed by atoms with Crippen molar-refractivity contribution in [1.29, 1.82) is 0 Å². The molecule has 0 saturated heterocycles. The molecule has 8 N–H and O–H groups in total. The maximum Gasteiger partial charge on any atom is 0.264 e. The average molecular weight is 515 g/mol. The molecule has 2 aromatic heterocycles. The van der Waals surface area contributed by atoms with Gasteiger partial charge in [-0.3, -0.25) is 0 Å². The predicted molar refractivity (Wildman–Crippen MR) is 136 cm³/mol. The molecule has 0 bridgehead atoms. The highest BCUT2D eigenvalue weighted by atomic mass is 35.5. The highest BCUT2D eigenvalue weighted by Crippen LogP contribution is 2.29. The van der Waals surface area contributed by atoms with Gasteiger partial charge in [0, 0.05) is 16.3 Å². The Bertz CT molecular complexity index is 1400. The number of nitrogens with zero attached hydrogens (tertiary/aromatic N) is 4. The third kappa shape index (κ3) is 6.68. The monoisotopic (exact) mass is 514 g/mol. The minimum absolute atomic E-state index is 0.0494. The normalized spacial score (nSPS) is 10.8. The highest BCUT2D eigenvalue weighted by molar-refractivity contribution is 7.92. The number of sulfonamides is 1. The van der Waals surface area contributed by atoms with Crippen molar-refractivity contribution in [3.8, 4) is 16.9 Å². The number of aromatic hydroxyl groups is 1. The summed E-state index contributed by atoms with van der Waals surface area (Å²) in [4.78, 5) is 15.5. The van der Waals surface area contributed by atoms with Gasteiger partial charge in [0.25, 0.3) is 10.0 Å². The van der Waals surface area contributed by atoms with Crippen molar-refractivity contribution >= 4 is 45.0 Å². The van der Waals surface area contributed by atoms with Gasteiger partial charge >= 0.3 is 0 Å². The summed E-state index contributed by atoms with van der Waals surface area (Å²) in [5.41, 5.74) is 20.0. The average Bonchev–Trinajstić information content (AvgIpc) is 2.81. The van der Waals surface area contributed by atoms with Gasteiger partial charge in [-0.1, -0.05) is 30.7 Å². The van der Waals surface area contributed by atoms with Gasteiger partial charge in [0.15, 0.2) is 5.75 Å². The molecule has 4 rings (SSSR count). The summed E-state index contributed by atoms with van der Waals surface area (Å²) in [7, 11) is -3.76. The molecule has 11 nitrogen and oxygen atoms in total. The number of rotatable bonds is 5. The minimum Gasteiger partial charge on any atom is -0.505 e. The number of anilines is 4. The lowest BCUT2D eigenvalue weighted by Gasteiger charge is -2.10. The van der Waals surface area contributed by atoms with Gasteiger partial charge in [0.2, 0.25) is 11.9 Å². The van der Waals surface area contributed by atoms with Crippen LogP contribution in [-0.4, -0.2) is 33.5 Å². The molecule has 2 aromatic carbocycles. The SMILES string of the molecule is CCc1nc(N)nc(N)c1-c1ccc(Cl)cc1.Nc1ccc(S(=O)(=O)Nc2ncc(O)cn2)cc1. The number of nitrogen functional groups attached to an aromatic ring is 3. The molecule has 0 saturated carbocycles. The fourth-order valence-corrected chi connectivity index (χ4v) is 4.02. The number of aromatic nitrogens is 4. The number of nitrogens with two attached hydrogens (primary N) is 3. The van der Waals surface area contributed by atoms with Crippen molar-refractivity contribution < 1.29 is 13.5 Å². The summed E-state index contributed by atoms with van der Waals surface area (Å²) in [6.07, 6.45) is 2.93. The van der Waals surface area contributed by atoms with E-state index in [9.17, 15) is 8.42 Å². The van der Waals surface area contributed by atoms with Crippen LogP contribution in [0.15, 0.2) is 65.8 Å². The summed E-state index contributed by atoms with van der Waals surface area (Å²) in [6, 6.07) is 13.1. The third-order valence-electron chi connectivity index (χ3n) is 4.55. The molecule has 0 radical (unpaired) electrons. The number of nitrogens with one attached hydrogen (secondary N) is 1. The number of halogens is 1. The van der Waals surface area contributed by atoms with Crippen molar-refractivity contribution in [1.82, 2.24) is 19.9 Å². The Balaban J connectivity index is 0.000000196. The molecule has 13 heteroatoms. The largest absolute Gasteiger partial charge is 0.505 e. The number of hydrogen-bond acceptors (Lipinski definition) is 10. The summed E-state index contributed by atoms with van der Waals surface area (Å²) in [6.45, 7) is 2.00. The van der Waals surface area contributed by atoms with Crippen LogP contribution in [0.1, 0.15) is 12.6 Å². The Hall–Kier alpha value is -4.16. The summed E-state index contributed by atoms with van der Waals surface area (Å²) in [5.74, 6) is 0.337. The zero-order valence-corrected chi connectivity index (χ0v) is 20.1. The molecule has 35 heavy (non-hydrogen) atoms. The maximum atomic E-state index is 11.9. The Labute approximate surface area is 207 Å². The molecule has 0 unspecified atom stereocenters. The number of aryl methyl sites for hydroxylation is 1. The van der Waals surface area contributed by atoms with E-state index in [0.717, 1.165) is 35.6 Å². The zero-order chi connectivity index (χ0) is 25.6. The van der Waals surface area contributed by atoms with Crippen LogP contribution in [0.5, 0.6) is 5.75 Å². The Morgan fingerprint density at radius 2 is 1.54 bits per heavy atom. The lowest BCUT2D eigenvalue weighted by atomic mass is 10.0. The van der Waals surface area contributed by atoms with Crippen LogP contribution in [0.25, 0.3) is 11.1 Å². The summed E-state index contributed by atoms with van der Waals surface area (Å²) < 4.78 is 26.0. The first-order valence-electron chi connectivity index (χ1n) is 10.2. The second-order valence-electron chi connectivity index (χ2n) is 7.09. The summed E-state index contributed by atoms with van der Waals surface area (Å²) >= 11 is 5.86. The Kier molecular flexibility index (Phi) is 7.89. The van der Waals surface area contributed by atoms with E-state index in [1.807, 2.05) is 31.2 Å². The number of hydrogen-bond donors (Lipinski definition) is 5. The van der Waals surface area contributed by atoms with Crippen LogP contribution in [0.4, 0.5) is 23.4 Å². The molecular formula is C22H23ClN8O3S. The van der Waals surface area contributed by atoms with E-state index in [2.05, 4.69) is 24.7 Å². The molecule has 2 heterocycles. The molecule has 0 fully saturated rings. The topological polar surface area (TPSA) is 196 Å². The predicted octanol–water partition coefficient (Wildman–Crippen LogP) is 3.09. The van der Waals surface area contributed by atoms with Gasteiger partial charge in [-0.25, -0.2) is 28.1 Å². The van der Waals surface area contributed by atoms with Crippen molar-refractivity contribution in [2.45, 2.75) is 18.2 Å². The highest BCUT2D eigenvalue weighted by Gasteiger charge is 2.15. The molecule has 0 spiro atoms. The minimum atomic E-state index is -3.76. The first-order chi connectivity index (χ1) is 16.6. The first kappa shape index (κ1) is 25.5. The van der Waals surface area contributed by atoms with Gasteiger partial charge < -0.3 is 22.3 Å². The van der Waals surface area contributed by atoms with E-state index in [1.54, 1.807) is 0 Å². The Morgan fingerprint density at radius 1 is 0.943 bits per heavy atom. The van der Waals surface area contributed by atoms with Gasteiger partial charge in [-0.15, -0.1) is 0 Å². The van der Waals surface area contributed by atoms with Gasteiger partial charge in [-0.2, -0.15) is 4.98 Å². The molecule has 4 aromatic rings. The van der Waals surface area contributed by atoms with Crippen LogP contribution in [-0.2, 0) is 16.4 Å². The second kappa shape index (κ2) is 10.8. The second-order valence-corrected chi connectivity index (χ2v) is 9.21. The van der Waals surface area contributed by atoms with Gasteiger partial charge in [0.1, 0.15) is 5.82 Å². The van der Waals surface area contributed by atoms with E-state index in [0.29, 0.717) is 16.5 Å². The van der Waals surface area contributed by atoms with E-state index in [4.69, 9.17) is 33.9 Å². The zero-order valence-electron chi connectivity index (χ0n) is 18.6. The van der Waals surface area contributed by atoms with Gasteiger partial charge in [0.05, 0.1) is 23.0 Å². The van der Waals surface area contributed by atoms with E-state index in [-0.39, 0.29) is 22.5 Å². The smallest absolute Gasteiger partial charge is 0.264 e. The third-order valence-corrected chi connectivity index (χ3v) is 6.15. The van der Waals surface area contributed by atoms with Crippen LogP contribution in [0, 0.1) is 0 Å². The van der Waals surface area contributed by atoms with Crippen LogP contribution < -0.4 is 21.9 Å². The molecule has 0 amide bonds. The maximum absolute atomic E-state index is 11.9.